The second-order valence-electron chi connectivity index (χ2n) is 12.3. The zero-order chi connectivity index (χ0) is 25.7. The lowest BCUT2D eigenvalue weighted by atomic mass is 9.68. The molecule has 1 fully saturated rings. The summed E-state index contributed by atoms with van der Waals surface area (Å²) in [5, 5.41) is 0. The predicted molar refractivity (Wildman–Crippen MR) is 146 cm³/mol. The maximum atomic E-state index is 11.0. The predicted octanol–water partition coefficient (Wildman–Crippen LogP) is 9.86. The molecular formula is C31H56O2. The van der Waals surface area contributed by atoms with Gasteiger partial charge in [-0.3, -0.25) is 4.79 Å². The molecule has 1 aromatic rings. The van der Waals surface area contributed by atoms with E-state index in [1.807, 2.05) is 19.2 Å². The molecule has 0 N–H and O–H groups in total. The Kier molecular flexibility index (Phi) is 14.4. The van der Waals surface area contributed by atoms with Crippen molar-refractivity contribution in [2.24, 2.45) is 16.7 Å². The Morgan fingerprint density at radius 2 is 1.52 bits per heavy atom. The highest BCUT2D eigenvalue weighted by molar-refractivity contribution is 5.75. The monoisotopic (exact) mass is 460 g/mol. The summed E-state index contributed by atoms with van der Waals surface area (Å²) in [6.07, 6.45) is 11.5. The van der Waals surface area contributed by atoms with Gasteiger partial charge in [-0.15, -0.1) is 0 Å². The zero-order valence-electron chi connectivity index (χ0n) is 24.0. The number of benzene rings is 1. The number of hydrogen-bond acceptors (Lipinski definition) is 2. The van der Waals surface area contributed by atoms with Crippen molar-refractivity contribution in [1.82, 2.24) is 0 Å². The third kappa shape index (κ3) is 12.2. The molecule has 2 heteroatoms. The molecule has 2 nitrogen and oxygen atoms in total. The van der Waals surface area contributed by atoms with Gasteiger partial charge >= 0.3 is 0 Å². The largest absolute Gasteiger partial charge is 0.379 e. The van der Waals surface area contributed by atoms with Crippen molar-refractivity contribution < 1.29 is 9.53 Å². The summed E-state index contributed by atoms with van der Waals surface area (Å²) in [5.41, 5.74) is 2.71. The van der Waals surface area contributed by atoms with Crippen LogP contribution in [0.1, 0.15) is 142 Å². The molecule has 0 heterocycles. The van der Waals surface area contributed by atoms with E-state index in [0.717, 1.165) is 24.2 Å². The number of carbonyl (C=O) groups excluding carboxylic acids is 1. The minimum atomic E-state index is 0.112. The van der Waals surface area contributed by atoms with Gasteiger partial charge in [0.2, 0.25) is 0 Å². The van der Waals surface area contributed by atoms with Crippen LogP contribution in [0.15, 0.2) is 24.3 Å². The highest BCUT2D eigenvalue weighted by Gasteiger charge is 2.32. The van der Waals surface area contributed by atoms with Crippen molar-refractivity contribution >= 4 is 6.29 Å². The quantitative estimate of drug-likeness (QED) is 0.378. The molecule has 0 amide bonds. The molecular weight excluding hydrogens is 404 g/mol. The summed E-state index contributed by atoms with van der Waals surface area (Å²) < 4.78 is 5.48. The Bertz CT molecular complexity index is 645. The third-order valence-electron chi connectivity index (χ3n) is 7.32. The summed E-state index contributed by atoms with van der Waals surface area (Å²) in [6, 6.07) is 8.08. The second kappa shape index (κ2) is 15.0. The Hall–Kier alpha value is -1.15. The van der Waals surface area contributed by atoms with Gasteiger partial charge in [0, 0.05) is 12.7 Å². The minimum absolute atomic E-state index is 0.112. The number of ether oxygens (including phenoxy) is 1. The lowest BCUT2D eigenvalue weighted by molar-refractivity contribution is -0.0399. The van der Waals surface area contributed by atoms with Crippen LogP contribution in [0.3, 0.4) is 0 Å². The highest BCUT2D eigenvalue weighted by Crippen LogP contribution is 2.44. The van der Waals surface area contributed by atoms with Gasteiger partial charge in [0.1, 0.15) is 6.29 Å². The van der Waals surface area contributed by atoms with Crippen molar-refractivity contribution in [3.05, 3.63) is 35.4 Å². The van der Waals surface area contributed by atoms with E-state index < -0.39 is 0 Å². The van der Waals surface area contributed by atoms with Crippen LogP contribution in [0.25, 0.3) is 0 Å². The SMILES string of the molecule is CCC.CCC(C)(C)CC(c1cccc(C=O)c1)C(C)(C)C.COC(C)(C)C1CCCCC1. The number of rotatable bonds is 7. The van der Waals surface area contributed by atoms with Crippen LogP contribution in [-0.4, -0.2) is 19.0 Å². The van der Waals surface area contributed by atoms with Gasteiger partial charge in [0.15, 0.2) is 0 Å². The maximum absolute atomic E-state index is 11.0. The van der Waals surface area contributed by atoms with Crippen LogP contribution in [0, 0.1) is 16.7 Å². The smallest absolute Gasteiger partial charge is 0.150 e. The summed E-state index contributed by atoms with van der Waals surface area (Å²) in [6.45, 7) is 22.4. The molecule has 1 aliphatic rings. The first-order valence-electron chi connectivity index (χ1n) is 13.4. The van der Waals surface area contributed by atoms with Gasteiger partial charge in [0.25, 0.3) is 0 Å². The molecule has 0 bridgehead atoms. The Balaban J connectivity index is 0.000000616. The molecule has 0 radical (unpaired) electrons. The lowest BCUT2D eigenvalue weighted by Crippen LogP contribution is -2.34. The van der Waals surface area contributed by atoms with Gasteiger partial charge in [0.05, 0.1) is 5.60 Å². The first-order chi connectivity index (χ1) is 15.3. The molecule has 33 heavy (non-hydrogen) atoms. The summed E-state index contributed by atoms with van der Waals surface area (Å²) in [5.74, 6) is 1.27. The number of methoxy groups -OCH3 is 1. The number of hydrogen-bond donors (Lipinski definition) is 0. The standard InChI is InChI=1S/C18H28O.C10H20O.C3H8/c1-7-18(5,6)12-16(17(2,3)4)15-10-8-9-14(11-15)13-19;1-10(2,11-3)9-7-5-4-6-8-9;1-3-2/h8-11,13,16H,7,12H2,1-6H3;9H,4-8H2,1-3H3;3H2,1-2H3. The van der Waals surface area contributed by atoms with Crippen molar-refractivity contribution in [2.75, 3.05) is 7.11 Å². The van der Waals surface area contributed by atoms with Crippen LogP contribution in [-0.2, 0) is 4.74 Å². The lowest BCUT2D eigenvalue weighted by Gasteiger charge is -2.37. The van der Waals surface area contributed by atoms with E-state index in [9.17, 15) is 4.79 Å². The summed E-state index contributed by atoms with van der Waals surface area (Å²) in [4.78, 5) is 11.0. The average Bonchev–Trinajstić information content (AvgIpc) is 2.78. The molecule has 1 unspecified atom stereocenters. The first kappa shape index (κ1) is 31.9. The highest BCUT2D eigenvalue weighted by atomic mass is 16.5. The molecule has 0 aromatic heterocycles. The molecule has 0 spiro atoms. The molecule has 1 atom stereocenters. The summed E-state index contributed by atoms with van der Waals surface area (Å²) >= 11 is 0. The van der Waals surface area contributed by atoms with E-state index in [-0.39, 0.29) is 11.0 Å². The average molecular weight is 461 g/mol. The summed E-state index contributed by atoms with van der Waals surface area (Å²) in [7, 11) is 1.83. The Morgan fingerprint density at radius 1 is 0.970 bits per heavy atom. The fourth-order valence-corrected chi connectivity index (χ4v) is 4.43. The normalized spacial score (nSPS) is 16.1. The molecule has 0 saturated heterocycles. The van der Waals surface area contributed by atoms with Crippen molar-refractivity contribution in [2.45, 2.75) is 132 Å². The van der Waals surface area contributed by atoms with E-state index in [2.05, 4.69) is 81.4 Å². The topological polar surface area (TPSA) is 26.3 Å². The van der Waals surface area contributed by atoms with E-state index in [1.165, 1.54) is 50.5 Å². The van der Waals surface area contributed by atoms with E-state index in [0.29, 0.717) is 11.3 Å². The van der Waals surface area contributed by atoms with Crippen molar-refractivity contribution in [3.8, 4) is 0 Å². The molecule has 0 aliphatic heterocycles. The molecule has 192 valence electrons. The molecule has 1 aromatic carbocycles. The Morgan fingerprint density at radius 3 is 1.94 bits per heavy atom. The van der Waals surface area contributed by atoms with Crippen molar-refractivity contribution in [3.63, 3.8) is 0 Å². The van der Waals surface area contributed by atoms with Crippen LogP contribution < -0.4 is 0 Å². The van der Waals surface area contributed by atoms with Crippen LogP contribution in [0.4, 0.5) is 0 Å². The van der Waals surface area contributed by atoms with Gasteiger partial charge in [-0.05, 0) is 67.4 Å². The van der Waals surface area contributed by atoms with Gasteiger partial charge in [-0.1, -0.05) is 106 Å². The minimum Gasteiger partial charge on any atom is -0.379 e. The third-order valence-corrected chi connectivity index (χ3v) is 7.32. The van der Waals surface area contributed by atoms with Crippen molar-refractivity contribution in [1.29, 1.82) is 0 Å². The second-order valence-corrected chi connectivity index (χ2v) is 12.3. The fraction of sp³-hybridized carbons (Fsp3) is 0.774. The van der Waals surface area contributed by atoms with Gasteiger partial charge in [-0.2, -0.15) is 0 Å². The van der Waals surface area contributed by atoms with E-state index >= 15 is 0 Å². The Labute approximate surface area is 207 Å². The van der Waals surface area contributed by atoms with Crippen LogP contribution in [0.5, 0.6) is 0 Å². The molecule has 1 aliphatic carbocycles. The van der Waals surface area contributed by atoms with Gasteiger partial charge < -0.3 is 4.74 Å². The maximum Gasteiger partial charge on any atom is 0.150 e. The van der Waals surface area contributed by atoms with Gasteiger partial charge in [-0.25, -0.2) is 0 Å². The van der Waals surface area contributed by atoms with E-state index in [4.69, 9.17) is 4.74 Å². The number of carbonyl (C=O) groups is 1. The first-order valence-corrected chi connectivity index (χ1v) is 13.4. The molecule has 1 saturated carbocycles. The zero-order valence-corrected chi connectivity index (χ0v) is 24.0. The fourth-order valence-electron chi connectivity index (χ4n) is 4.43. The molecule has 2 rings (SSSR count). The van der Waals surface area contributed by atoms with Crippen LogP contribution in [0.2, 0.25) is 0 Å². The van der Waals surface area contributed by atoms with E-state index in [1.54, 1.807) is 0 Å². The van der Waals surface area contributed by atoms with Crippen LogP contribution >= 0.6 is 0 Å². The number of aldehydes is 1.